The Balaban J connectivity index is 2.14. The molecule has 0 bridgehead atoms. The molecule has 0 spiro atoms. The normalized spacial score (nSPS) is 10.9. The van der Waals surface area contributed by atoms with Gasteiger partial charge in [-0.05, 0) is 18.2 Å². The summed E-state index contributed by atoms with van der Waals surface area (Å²) in [6, 6.07) is 4.77. The third kappa shape index (κ3) is 2.85. The van der Waals surface area contributed by atoms with Crippen molar-refractivity contribution in [1.82, 2.24) is 4.98 Å². The number of carbonyl (C=O) groups is 1. The zero-order valence-electron chi connectivity index (χ0n) is 11.1. The van der Waals surface area contributed by atoms with Gasteiger partial charge in [-0.25, -0.2) is 9.78 Å². The summed E-state index contributed by atoms with van der Waals surface area (Å²) in [5.74, 6) is -0.231. The number of hydrogen-bond donors (Lipinski definition) is 1. The van der Waals surface area contributed by atoms with Crippen LogP contribution in [0.2, 0.25) is 10.0 Å². The van der Waals surface area contributed by atoms with Gasteiger partial charge in [-0.2, -0.15) is 0 Å². The quantitative estimate of drug-likeness (QED) is 0.700. The molecule has 0 aliphatic carbocycles. The maximum absolute atomic E-state index is 12.1. The number of aromatic nitrogens is 1. The molecule has 1 amide bonds. The van der Waals surface area contributed by atoms with Crippen LogP contribution in [0.25, 0.3) is 22.2 Å². The van der Waals surface area contributed by atoms with Crippen molar-refractivity contribution in [2.45, 2.75) is 6.92 Å². The van der Waals surface area contributed by atoms with Gasteiger partial charge in [-0.1, -0.05) is 23.2 Å². The molecule has 1 N–H and O–H groups in total. The monoisotopic (exact) mass is 354 g/mol. The third-order valence-electron chi connectivity index (χ3n) is 2.81. The van der Waals surface area contributed by atoms with Crippen molar-refractivity contribution in [3.05, 3.63) is 44.0 Å². The molecule has 112 valence electrons. The lowest BCUT2D eigenvalue weighted by molar-refractivity contribution is -0.114. The first-order chi connectivity index (χ1) is 10.4. The Kier molecular flexibility index (Phi) is 3.90. The molecule has 5 nitrogen and oxygen atoms in total. The highest BCUT2D eigenvalue weighted by atomic mass is 35.5. The summed E-state index contributed by atoms with van der Waals surface area (Å²) in [5, 5.41) is 5.94. The molecule has 3 aromatic rings. The van der Waals surface area contributed by atoms with Crippen LogP contribution in [0.1, 0.15) is 6.92 Å². The van der Waals surface area contributed by atoms with Crippen molar-refractivity contribution in [3.8, 4) is 11.3 Å². The lowest BCUT2D eigenvalue weighted by Gasteiger charge is -2.02. The van der Waals surface area contributed by atoms with Crippen LogP contribution in [0.5, 0.6) is 0 Å². The van der Waals surface area contributed by atoms with Crippen LogP contribution in [0.15, 0.2) is 32.8 Å². The number of fused-ring (bicyclic) bond motifs is 1. The third-order valence-corrected chi connectivity index (χ3v) is 4.07. The maximum Gasteiger partial charge on any atom is 0.345 e. The number of nitrogens with one attached hydrogen (secondary N) is 1. The van der Waals surface area contributed by atoms with E-state index in [2.05, 4.69) is 10.3 Å². The van der Waals surface area contributed by atoms with Gasteiger partial charge in [0.05, 0.1) is 16.3 Å². The fourth-order valence-corrected chi connectivity index (χ4v) is 3.25. The second-order valence-corrected chi connectivity index (χ2v) is 6.17. The molecule has 0 radical (unpaired) electrons. The van der Waals surface area contributed by atoms with E-state index in [-0.39, 0.29) is 22.1 Å². The Labute approximate surface area is 138 Å². The number of halogens is 2. The molecular formula is C14H8Cl2N2O3S. The van der Waals surface area contributed by atoms with Gasteiger partial charge in [0, 0.05) is 22.7 Å². The zero-order valence-corrected chi connectivity index (χ0v) is 13.5. The molecule has 0 saturated heterocycles. The van der Waals surface area contributed by atoms with Crippen LogP contribution >= 0.6 is 34.5 Å². The van der Waals surface area contributed by atoms with E-state index in [4.69, 9.17) is 27.6 Å². The Morgan fingerprint density at radius 2 is 2.09 bits per heavy atom. The number of amides is 1. The largest absolute Gasteiger partial charge is 0.421 e. The standard InChI is InChI=1S/C14H8Cl2N2O3S/c1-6(19)17-14-18-11(5-22-14)9-3-7-2-8(15)4-10(16)12(7)21-13(9)20/h2-5H,1H3,(H,17,18,19). The highest BCUT2D eigenvalue weighted by Crippen LogP contribution is 2.30. The van der Waals surface area contributed by atoms with Crippen molar-refractivity contribution >= 4 is 56.5 Å². The molecule has 0 unspecified atom stereocenters. The van der Waals surface area contributed by atoms with Crippen LogP contribution in [-0.4, -0.2) is 10.9 Å². The Bertz CT molecular complexity index is 949. The fourth-order valence-electron chi connectivity index (χ4n) is 1.94. The van der Waals surface area contributed by atoms with Gasteiger partial charge in [-0.15, -0.1) is 11.3 Å². The molecular weight excluding hydrogens is 347 g/mol. The highest BCUT2D eigenvalue weighted by molar-refractivity contribution is 7.14. The topological polar surface area (TPSA) is 72.2 Å². The summed E-state index contributed by atoms with van der Waals surface area (Å²) in [6.45, 7) is 1.38. The molecule has 0 saturated carbocycles. The summed E-state index contributed by atoms with van der Waals surface area (Å²) in [7, 11) is 0. The van der Waals surface area contributed by atoms with Crippen LogP contribution in [-0.2, 0) is 4.79 Å². The maximum atomic E-state index is 12.1. The van der Waals surface area contributed by atoms with E-state index in [1.807, 2.05) is 0 Å². The first kappa shape index (κ1) is 15.0. The van der Waals surface area contributed by atoms with Gasteiger partial charge >= 0.3 is 5.63 Å². The van der Waals surface area contributed by atoms with Crippen molar-refractivity contribution < 1.29 is 9.21 Å². The molecule has 0 aliphatic heterocycles. The molecule has 0 atom stereocenters. The average Bonchev–Trinajstić information content (AvgIpc) is 2.86. The van der Waals surface area contributed by atoms with Gasteiger partial charge < -0.3 is 9.73 Å². The minimum absolute atomic E-state index is 0.231. The molecule has 3 rings (SSSR count). The fraction of sp³-hybridized carbons (Fsp3) is 0.0714. The van der Waals surface area contributed by atoms with Crippen LogP contribution < -0.4 is 10.9 Å². The molecule has 2 aromatic heterocycles. The number of anilines is 1. The predicted octanol–water partition coefficient (Wildman–Crippen LogP) is 4.18. The molecule has 1 aromatic carbocycles. The minimum atomic E-state index is -0.559. The number of benzene rings is 1. The second kappa shape index (κ2) is 5.72. The Morgan fingerprint density at radius 3 is 2.82 bits per heavy atom. The van der Waals surface area contributed by atoms with Gasteiger partial charge in [-0.3, -0.25) is 4.79 Å². The van der Waals surface area contributed by atoms with E-state index in [0.29, 0.717) is 21.2 Å². The first-order valence-corrected chi connectivity index (χ1v) is 7.74. The summed E-state index contributed by atoms with van der Waals surface area (Å²) in [6.07, 6.45) is 0. The minimum Gasteiger partial charge on any atom is -0.421 e. The lowest BCUT2D eigenvalue weighted by Crippen LogP contribution is -2.06. The van der Waals surface area contributed by atoms with Gasteiger partial charge in [0.25, 0.3) is 0 Å². The van der Waals surface area contributed by atoms with E-state index in [0.717, 1.165) is 0 Å². The van der Waals surface area contributed by atoms with Gasteiger partial charge in [0.2, 0.25) is 5.91 Å². The summed E-state index contributed by atoms with van der Waals surface area (Å²) < 4.78 is 5.25. The smallest absolute Gasteiger partial charge is 0.345 e. The van der Waals surface area contributed by atoms with E-state index in [1.165, 1.54) is 24.3 Å². The van der Waals surface area contributed by atoms with E-state index in [9.17, 15) is 9.59 Å². The van der Waals surface area contributed by atoms with Gasteiger partial charge in [0.15, 0.2) is 10.7 Å². The number of carbonyl (C=O) groups excluding carboxylic acids is 1. The Hall–Kier alpha value is -1.89. The van der Waals surface area contributed by atoms with Gasteiger partial charge in [0.1, 0.15) is 0 Å². The molecule has 8 heteroatoms. The molecule has 22 heavy (non-hydrogen) atoms. The number of thiazole rings is 1. The van der Waals surface area contributed by atoms with Crippen molar-refractivity contribution in [2.24, 2.45) is 0 Å². The van der Waals surface area contributed by atoms with Crippen molar-refractivity contribution in [3.63, 3.8) is 0 Å². The van der Waals surface area contributed by atoms with Crippen LogP contribution in [0.3, 0.4) is 0 Å². The van der Waals surface area contributed by atoms with Crippen molar-refractivity contribution in [2.75, 3.05) is 5.32 Å². The summed E-state index contributed by atoms with van der Waals surface area (Å²) in [5.41, 5.74) is 0.410. The average molecular weight is 355 g/mol. The van der Waals surface area contributed by atoms with Crippen LogP contribution in [0, 0.1) is 0 Å². The molecule has 2 heterocycles. The number of rotatable bonds is 2. The molecule has 0 aliphatic rings. The van der Waals surface area contributed by atoms with E-state index >= 15 is 0 Å². The molecule has 0 fully saturated rings. The summed E-state index contributed by atoms with van der Waals surface area (Å²) in [4.78, 5) is 27.3. The zero-order chi connectivity index (χ0) is 15.9. The second-order valence-electron chi connectivity index (χ2n) is 4.47. The lowest BCUT2D eigenvalue weighted by atomic mass is 10.1. The first-order valence-electron chi connectivity index (χ1n) is 6.10. The van der Waals surface area contributed by atoms with Crippen LogP contribution in [0.4, 0.5) is 5.13 Å². The predicted molar refractivity (Wildman–Crippen MR) is 87.9 cm³/mol. The summed E-state index contributed by atoms with van der Waals surface area (Å²) >= 11 is 13.2. The van der Waals surface area contributed by atoms with E-state index in [1.54, 1.807) is 17.5 Å². The van der Waals surface area contributed by atoms with Crippen molar-refractivity contribution in [1.29, 1.82) is 0 Å². The SMILES string of the molecule is CC(=O)Nc1nc(-c2cc3cc(Cl)cc(Cl)c3oc2=O)cs1. The Morgan fingerprint density at radius 1 is 1.32 bits per heavy atom. The number of nitrogens with zero attached hydrogens (tertiary/aromatic N) is 1. The highest BCUT2D eigenvalue weighted by Gasteiger charge is 2.14. The van der Waals surface area contributed by atoms with E-state index < -0.39 is 5.63 Å². The number of hydrogen-bond acceptors (Lipinski definition) is 5.